The second kappa shape index (κ2) is 5.72. The summed E-state index contributed by atoms with van der Waals surface area (Å²) in [6.45, 7) is 7.97. The highest BCUT2D eigenvalue weighted by atomic mass is 16.7. The Kier molecular flexibility index (Phi) is 4.90. The molecule has 1 rings (SSSR count). The van der Waals surface area contributed by atoms with Gasteiger partial charge >= 0.3 is 0 Å². The molecule has 2 nitrogen and oxygen atoms in total. The van der Waals surface area contributed by atoms with Crippen molar-refractivity contribution in [1.82, 2.24) is 0 Å². The lowest BCUT2D eigenvalue weighted by Crippen LogP contribution is -2.39. The van der Waals surface area contributed by atoms with Crippen LogP contribution in [0, 0.1) is 5.92 Å². The molecule has 0 aromatic carbocycles. The van der Waals surface area contributed by atoms with Gasteiger partial charge in [0.1, 0.15) is 0 Å². The van der Waals surface area contributed by atoms with Crippen LogP contribution >= 0.6 is 0 Å². The fraction of sp³-hybridized carbons (Fsp3) is 1.00. The first-order chi connectivity index (χ1) is 6.64. The maximum atomic E-state index is 5.61. The van der Waals surface area contributed by atoms with Crippen LogP contribution in [0.25, 0.3) is 0 Å². The predicted octanol–water partition coefficient (Wildman–Crippen LogP) is 3.36. The molecule has 0 N–H and O–H groups in total. The van der Waals surface area contributed by atoms with Crippen molar-refractivity contribution in [2.75, 3.05) is 13.2 Å². The summed E-state index contributed by atoms with van der Waals surface area (Å²) in [7, 11) is 0. The summed E-state index contributed by atoms with van der Waals surface area (Å²) in [6.07, 6.45) is 6.61. The summed E-state index contributed by atoms with van der Waals surface area (Å²) in [4.78, 5) is 0. The van der Waals surface area contributed by atoms with E-state index in [1.807, 2.05) is 13.8 Å². The number of rotatable bonds is 5. The van der Waals surface area contributed by atoms with Crippen LogP contribution in [0.15, 0.2) is 0 Å². The largest absolute Gasteiger partial charge is 0.350 e. The Morgan fingerprint density at radius 2 is 1.71 bits per heavy atom. The molecule has 14 heavy (non-hydrogen) atoms. The third-order valence-corrected chi connectivity index (χ3v) is 2.80. The topological polar surface area (TPSA) is 18.5 Å². The van der Waals surface area contributed by atoms with Crippen LogP contribution in [0.5, 0.6) is 0 Å². The molecule has 0 saturated carbocycles. The van der Waals surface area contributed by atoms with Crippen molar-refractivity contribution in [3.8, 4) is 0 Å². The molecule has 0 unspecified atom stereocenters. The molecule has 0 aliphatic carbocycles. The lowest BCUT2D eigenvalue weighted by atomic mass is 10.0. The smallest absolute Gasteiger partial charge is 0.162 e. The van der Waals surface area contributed by atoms with E-state index < -0.39 is 0 Å². The van der Waals surface area contributed by atoms with Crippen LogP contribution in [0.1, 0.15) is 52.9 Å². The molecule has 0 amide bonds. The fourth-order valence-electron chi connectivity index (χ4n) is 1.75. The summed E-state index contributed by atoms with van der Waals surface area (Å²) in [6, 6.07) is 0. The third-order valence-electron chi connectivity index (χ3n) is 2.80. The predicted molar refractivity (Wildman–Crippen MR) is 58.2 cm³/mol. The van der Waals surface area contributed by atoms with Gasteiger partial charge < -0.3 is 9.47 Å². The molecule has 0 aromatic heterocycles. The lowest BCUT2D eigenvalue weighted by Gasteiger charge is -2.35. The Balaban J connectivity index is 2.04. The first-order valence-corrected chi connectivity index (χ1v) is 5.92. The van der Waals surface area contributed by atoms with Gasteiger partial charge in [0.2, 0.25) is 0 Å². The molecule has 0 aromatic rings. The zero-order valence-corrected chi connectivity index (χ0v) is 9.84. The summed E-state index contributed by atoms with van der Waals surface area (Å²) >= 11 is 0. The van der Waals surface area contributed by atoms with E-state index in [1.165, 1.54) is 32.1 Å². The second-order valence-corrected chi connectivity index (χ2v) is 4.74. The van der Waals surface area contributed by atoms with Crippen molar-refractivity contribution < 1.29 is 9.47 Å². The van der Waals surface area contributed by atoms with Crippen LogP contribution in [0.4, 0.5) is 0 Å². The van der Waals surface area contributed by atoms with Gasteiger partial charge in [0.25, 0.3) is 0 Å². The minimum Gasteiger partial charge on any atom is -0.350 e. The van der Waals surface area contributed by atoms with E-state index >= 15 is 0 Å². The van der Waals surface area contributed by atoms with E-state index in [0.29, 0.717) is 5.92 Å². The zero-order chi connectivity index (χ0) is 10.4. The standard InChI is InChI=1S/C12H24O2/c1-4-5-6-7-8-11-9-13-12(2,3)14-10-11/h11H,4-10H2,1-3H3. The molecule has 1 fully saturated rings. The van der Waals surface area contributed by atoms with Gasteiger partial charge in [-0.05, 0) is 20.3 Å². The Labute approximate surface area is 88.0 Å². The van der Waals surface area contributed by atoms with Gasteiger partial charge in [-0.3, -0.25) is 0 Å². The van der Waals surface area contributed by atoms with Crippen molar-refractivity contribution in [1.29, 1.82) is 0 Å². The van der Waals surface area contributed by atoms with Gasteiger partial charge in [-0.25, -0.2) is 0 Å². The lowest BCUT2D eigenvalue weighted by molar-refractivity contribution is -0.262. The monoisotopic (exact) mass is 200 g/mol. The molecule has 1 saturated heterocycles. The van der Waals surface area contributed by atoms with E-state index in [1.54, 1.807) is 0 Å². The average molecular weight is 200 g/mol. The van der Waals surface area contributed by atoms with Crippen LogP contribution in [0.2, 0.25) is 0 Å². The molecule has 0 radical (unpaired) electrons. The van der Waals surface area contributed by atoms with Crippen molar-refractivity contribution in [3.63, 3.8) is 0 Å². The Hall–Kier alpha value is -0.0800. The highest BCUT2D eigenvalue weighted by Gasteiger charge is 2.27. The van der Waals surface area contributed by atoms with Crippen molar-refractivity contribution in [3.05, 3.63) is 0 Å². The molecule has 0 bridgehead atoms. The van der Waals surface area contributed by atoms with Gasteiger partial charge in [-0.15, -0.1) is 0 Å². The summed E-state index contributed by atoms with van der Waals surface area (Å²) in [5.74, 6) is 0.278. The fourth-order valence-corrected chi connectivity index (χ4v) is 1.75. The number of hydrogen-bond acceptors (Lipinski definition) is 2. The van der Waals surface area contributed by atoms with Crippen LogP contribution in [-0.2, 0) is 9.47 Å². The summed E-state index contributed by atoms with van der Waals surface area (Å²) < 4.78 is 11.2. The molecule has 1 aliphatic rings. The highest BCUT2D eigenvalue weighted by Crippen LogP contribution is 2.23. The molecular weight excluding hydrogens is 176 g/mol. The van der Waals surface area contributed by atoms with E-state index in [9.17, 15) is 0 Å². The Bertz CT molecular complexity index is 144. The average Bonchev–Trinajstić information content (AvgIpc) is 2.15. The normalized spacial score (nSPS) is 22.5. The van der Waals surface area contributed by atoms with E-state index in [2.05, 4.69) is 6.92 Å². The number of ether oxygens (including phenoxy) is 2. The van der Waals surface area contributed by atoms with Gasteiger partial charge in [0.15, 0.2) is 5.79 Å². The molecule has 0 atom stereocenters. The summed E-state index contributed by atoms with van der Waals surface area (Å²) in [5, 5.41) is 0. The zero-order valence-electron chi connectivity index (χ0n) is 9.84. The molecule has 2 heteroatoms. The first-order valence-electron chi connectivity index (χ1n) is 5.92. The van der Waals surface area contributed by atoms with Gasteiger partial charge in [0.05, 0.1) is 13.2 Å². The maximum absolute atomic E-state index is 5.61. The first kappa shape index (κ1) is 12.0. The molecule has 1 aliphatic heterocycles. The van der Waals surface area contributed by atoms with E-state index in [0.717, 1.165) is 13.2 Å². The SMILES string of the molecule is CCCCCCC1COC(C)(C)OC1. The Morgan fingerprint density at radius 1 is 1.07 bits per heavy atom. The maximum Gasteiger partial charge on any atom is 0.162 e. The van der Waals surface area contributed by atoms with Crippen LogP contribution in [-0.4, -0.2) is 19.0 Å². The minimum atomic E-state index is -0.347. The van der Waals surface area contributed by atoms with Crippen LogP contribution in [0.3, 0.4) is 0 Å². The van der Waals surface area contributed by atoms with Gasteiger partial charge in [-0.2, -0.15) is 0 Å². The van der Waals surface area contributed by atoms with Crippen molar-refractivity contribution >= 4 is 0 Å². The number of unbranched alkanes of at least 4 members (excludes halogenated alkanes) is 3. The van der Waals surface area contributed by atoms with Crippen molar-refractivity contribution in [2.24, 2.45) is 5.92 Å². The van der Waals surface area contributed by atoms with Gasteiger partial charge in [0, 0.05) is 5.92 Å². The summed E-state index contributed by atoms with van der Waals surface area (Å²) in [5.41, 5.74) is 0. The van der Waals surface area contributed by atoms with Gasteiger partial charge in [-0.1, -0.05) is 32.6 Å². The molecular formula is C12H24O2. The minimum absolute atomic E-state index is 0.347. The number of hydrogen-bond donors (Lipinski definition) is 0. The highest BCUT2D eigenvalue weighted by molar-refractivity contribution is 4.67. The molecule has 1 heterocycles. The molecule has 84 valence electrons. The van der Waals surface area contributed by atoms with E-state index in [-0.39, 0.29) is 5.79 Å². The third kappa shape index (κ3) is 4.43. The van der Waals surface area contributed by atoms with Crippen LogP contribution < -0.4 is 0 Å². The van der Waals surface area contributed by atoms with E-state index in [4.69, 9.17) is 9.47 Å². The van der Waals surface area contributed by atoms with Crippen molar-refractivity contribution in [2.45, 2.75) is 58.7 Å². The quantitative estimate of drug-likeness (QED) is 0.634. The second-order valence-electron chi connectivity index (χ2n) is 4.74. The Morgan fingerprint density at radius 3 is 2.29 bits per heavy atom. The molecule has 0 spiro atoms.